The molecule has 6 heteroatoms. The summed E-state index contributed by atoms with van der Waals surface area (Å²) in [5, 5.41) is 6.64. The molecule has 0 rings (SSSR count). The zero-order chi connectivity index (χ0) is 16.1. The molecule has 0 aliphatic rings. The van der Waals surface area contributed by atoms with Gasteiger partial charge in [0.05, 0.1) is 0 Å². The minimum Gasteiger partial charge on any atom is -0.356 e. The molecule has 22 heavy (non-hydrogen) atoms. The minimum absolute atomic E-state index is 0. The largest absolute Gasteiger partial charge is 0.356 e. The van der Waals surface area contributed by atoms with E-state index in [2.05, 4.69) is 36.4 Å². The predicted octanol–water partition coefficient (Wildman–Crippen LogP) is 2.85. The van der Waals surface area contributed by atoms with Crippen molar-refractivity contribution in [1.82, 2.24) is 15.5 Å². The molecular formula is C16H35IN4O. The van der Waals surface area contributed by atoms with E-state index in [1.54, 1.807) is 19.0 Å². The lowest BCUT2D eigenvalue weighted by Gasteiger charge is -2.18. The molecule has 0 aromatic heterocycles. The molecule has 5 nitrogen and oxygen atoms in total. The van der Waals surface area contributed by atoms with Crippen LogP contribution in [0.3, 0.4) is 0 Å². The van der Waals surface area contributed by atoms with Gasteiger partial charge in [0.2, 0.25) is 5.91 Å². The molecule has 0 aliphatic heterocycles. The van der Waals surface area contributed by atoms with Crippen molar-refractivity contribution in [1.29, 1.82) is 0 Å². The first-order valence-electron chi connectivity index (χ1n) is 8.27. The summed E-state index contributed by atoms with van der Waals surface area (Å²) in [7, 11) is 3.50. The van der Waals surface area contributed by atoms with Crippen molar-refractivity contribution >= 4 is 35.8 Å². The first-order valence-corrected chi connectivity index (χ1v) is 8.27. The summed E-state index contributed by atoms with van der Waals surface area (Å²) in [6.45, 7) is 8.55. The Balaban J connectivity index is 0. The molecule has 0 bridgehead atoms. The monoisotopic (exact) mass is 426 g/mol. The van der Waals surface area contributed by atoms with Gasteiger partial charge in [0.15, 0.2) is 5.96 Å². The van der Waals surface area contributed by atoms with E-state index in [-0.39, 0.29) is 36.4 Å². The number of guanidine groups is 1. The van der Waals surface area contributed by atoms with E-state index < -0.39 is 0 Å². The first-order chi connectivity index (χ1) is 10.0. The topological polar surface area (TPSA) is 56.7 Å². The van der Waals surface area contributed by atoms with Gasteiger partial charge in [-0.3, -0.25) is 4.79 Å². The molecule has 0 aliphatic carbocycles. The number of nitrogens with zero attached hydrogens (tertiary/aromatic N) is 2. The first kappa shape index (κ1) is 23.7. The average molecular weight is 426 g/mol. The highest BCUT2D eigenvalue weighted by Crippen LogP contribution is 2.10. The van der Waals surface area contributed by atoms with Gasteiger partial charge in [-0.05, 0) is 18.8 Å². The van der Waals surface area contributed by atoms with Gasteiger partial charge >= 0.3 is 0 Å². The number of halogens is 1. The second-order valence-electron chi connectivity index (χ2n) is 5.68. The molecule has 1 atom stereocenters. The van der Waals surface area contributed by atoms with Gasteiger partial charge in [-0.15, -0.1) is 24.0 Å². The molecule has 0 saturated heterocycles. The smallest absolute Gasteiger partial charge is 0.243 e. The van der Waals surface area contributed by atoms with Gasteiger partial charge in [-0.1, -0.05) is 40.0 Å². The third-order valence-corrected chi connectivity index (χ3v) is 3.52. The van der Waals surface area contributed by atoms with Crippen LogP contribution in [0.25, 0.3) is 0 Å². The third-order valence-electron chi connectivity index (χ3n) is 3.52. The highest BCUT2D eigenvalue weighted by atomic mass is 127. The fourth-order valence-corrected chi connectivity index (χ4v) is 1.89. The van der Waals surface area contributed by atoms with Crippen molar-refractivity contribution in [2.24, 2.45) is 10.9 Å². The number of carbonyl (C=O) groups is 1. The summed E-state index contributed by atoms with van der Waals surface area (Å²) >= 11 is 0. The number of aliphatic imine (C=N–C) groups is 1. The van der Waals surface area contributed by atoms with E-state index in [4.69, 9.17) is 0 Å². The van der Waals surface area contributed by atoms with E-state index >= 15 is 0 Å². The van der Waals surface area contributed by atoms with E-state index in [1.165, 1.54) is 25.7 Å². The molecule has 0 saturated carbocycles. The van der Waals surface area contributed by atoms with Crippen molar-refractivity contribution in [3.8, 4) is 0 Å². The Morgan fingerprint density at radius 3 is 2.32 bits per heavy atom. The molecule has 0 fully saturated rings. The Bertz CT molecular complexity index is 309. The number of amides is 1. The molecule has 2 N–H and O–H groups in total. The Labute approximate surface area is 153 Å². The number of nitrogens with one attached hydrogen (secondary N) is 2. The summed E-state index contributed by atoms with van der Waals surface area (Å²) in [6.07, 6.45) is 5.97. The number of hydrogen-bond acceptors (Lipinski definition) is 2. The van der Waals surface area contributed by atoms with Crippen LogP contribution < -0.4 is 10.6 Å². The Morgan fingerprint density at radius 1 is 1.14 bits per heavy atom. The highest BCUT2D eigenvalue weighted by molar-refractivity contribution is 14.0. The lowest BCUT2D eigenvalue weighted by atomic mass is 9.99. The summed E-state index contributed by atoms with van der Waals surface area (Å²) in [5.41, 5.74) is 0. The van der Waals surface area contributed by atoms with E-state index in [0.29, 0.717) is 5.92 Å². The van der Waals surface area contributed by atoms with Crippen LogP contribution in [0.4, 0.5) is 0 Å². The van der Waals surface area contributed by atoms with Gasteiger partial charge < -0.3 is 15.5 Å². The minimum atomic E-state index is 0. The number of carbonyl (C=O) groups excluding carboxylic acids is 1. The van der Waals surface area contributed by atoms with Crippen LogP contribution in [0.1, 0.15) is 52.9 Å². The third kappa shape index (κ3) is 12.1. The Kier molecular flexibility index (Phi) is 16.6. The zero-order valence-electron chi connectivity index (χ0n) is 14.9. The molecule has 0 heterocycles. The van der Waals surface area contributed by atoms with Crippen LogP contribution in [0, 0.1) is 5.92 Å². The van der Waals surface area contributed by atoms with Crippen LogP contribution >= 0.6 is 24.0 Å². The second-order valence-corrected chi connectivity index (χ2v) is 5.68. The van der Waals surface area contributed by atoms with Crippen molar-refractivity contribution in [3.63, 3.8) is 0 Å². The normalized spacial score (nSPS) is 12.3. The number of hydrogen-bond donors (Lipinski definition) is 2. The molecule has 0 aromatic carbocycles. The highest BCUT2D eigenvalue weighted by Gasteiger charge is 2.08. The van der Waals surface area contributed by atoms with Gasteiger partial charge in [0.1, 0.15) is 6.54 Å². The summed E-state index contributed by atoms with van der Waals surface area (Å²) < 4.78 is 0. The standard InChI is InChI=1S/C16H34N4O.HI/c1-6-9-10-14(8-3)12-18-16(17-11-7-2)19-13-15(21)20(4)5;/h14H,6-13H2,1-5H3,(H2,17,18,19);1H. The summed E-state index contributed by atoms with van der Waals surface area (Å²) in [5.74, 6) is 1.44. The second kappa shape index (κ2) is 15.4. The molecule has 0 radical (unpaired) electrons. The number of rotatable bonds is 10. The van der Waals surface area contributed by atoms with E-state index in [9.17, 15) is 4.79 Å². The van der Waals surface area contributed by atoms with E-state index in [1.807, 2.05) is 0 Å². The van der Waals surface area contributed by atoms with Crippen LogP contribution in [0.2, 0.25) is 0 Å². The molecular weight excluding hydrogens is 391 g/mol. The maximum atomic E-state index is 11.6. The molecule has 132 valence electrons. The van der Waals surface area contributed by atoms with Crippen molar-refractivity contribution < 1.29 is 4.79 Å². The lowest BCUT2D eigenvalue weighted by molar-refractivity contribution is -0.127. The average Bonchev–Trinajstić information content (AvgIpc) is 2.48. The van der Waals surface area contributed by atoms with Crippen molar-refractivity contribution in [2.75, 3.05) is 33.7 Å². The lowest BCUT2D eigenvalue weighted by Crippen LogP contribution is -2.41. The zero-order valence-corrected chi connectivity index (χ0v) is 17.3. The van der Waals surface area contributed by atoms with Crippen LogP contribution in [0.15, 0.2) is 4.99 Å². The maximum Gasteiger partial charge on any atom is 0.243 e. The van der Waals surface area contributed by atoms with E-state index in [0.717, 1.165) is 25.5 Å². The fourth-order valence-electron chi connectivity index (χ4n) is 1.89. The van der Waals surface area contributed by atoms with Crippen LogP contribution in [-0.2, 0) is 4.79 Å². The molecule has 0 aromatic rings. The maximum absolute atomic E-state index is 11.6. The van der Waals surface area contributed by atoms with Crippen LogP contribution in [0.5, 0.6) is 0 Å². The Hall–Kier alpha value is -0.530. The Morgan fingerprint density at radius 2 is 1.82 bits per heavy atom. The fraction of sp³-hybridized carbons (Fsp3) is 0.875. The summed E-state index contributed by atoms with van der Waals surface area (Å²) in [6, 6.07) is 0. The van der Waals surface area contributed by atoms with Gasteiger partial charge in [-0.2, -0.15) is 0 Å². The SMILES string of the molecule is CCCCC(CC)CNC(=NCC(=O)N(C)C)NCCC.I. The van der Waals surface area contributed by atoms with Gasteiger partial charge in [0.25, 0.3) is 0 Å². The summed E-state index contributed by atoms with van der Waals surface area (Å²) in [4.78, 5) is 17.6. The van der Waals surface area contributed by atoms with Crippen molar-refractivity contribution in [2.45, 2.75) is 52.9 Å². The van der Waals surface area contributed by atoms with Gasteiger partial charge in [0, 0.05) is 27.2 Å². The quantitative estimate of drug-likeness (QED) is 0.321. The number of unbranched alkanes of at least 4 members (excludes halogenated alkanes) is 1. The molecule has 0 spiro atoms. The molecule has 1 unspecified atom stereocenters. The van der Waals surface area contributed by atoms with Crippen molar-refractivity contribution in [3.05, 3.63) is 0 Å². The number of likely N-dealkylation sites (N-methyl/N-ethyl adjacent to an activating group) is 1. The van der Waals surface area contributed by atoms with Gasteiger partial charge in [-0.25, -0.2) is 4.99 Å². The predicted molar refractivity (Wildman–Crippen MR) is 106 cm³/mol. The molecule has 1 amide bonds. The van der Waals surface area contributed by atoms with Crippen LogP contribution in [-0.4, -0.2) is 50.5 Å².